The second-order valence-electron chi connectivity index (χ2n) is 4.17. The molecule has 1 aliphatic carbocycles. The number of anilines is 1. The molecule has 0 aliphatic heterocycles. The predicted molar refractivity (Wildman–Crippen MR) is 68.5 cm³/mol. The Morgan fingerprint density at radius 2 is 2.29 bits per heavy atom. The average Bonchev–Trinajstić information content (AvgIpc) is 2.82. The molecular weight excluding hydrogens is 234 g/mol. The van der Waals surface area contributed by atoms with E-state index in [1.165, 1.54) is 37.0 Å². The van der Waals surface area contributed by atoms with Crippen molar-refractivity contribution in [2.24, 2.45) is 0 Å². The van der Waals surface area contributed by atoms with Crippen LogP contribution in [-0.4, -0.2) is 9.97 Å². The van der Waals surface area contributed by atoms with Crippen LogP contribution >= 0.6 is 11.3 Å². The van der Waals surface area contributed by atoms with E-state index in [0.29, 0.717) is 11.0 Å². The van der Waals surface area contributed by atoms with Crippen molar-refractivity contribution in [2.75, 3.05) is 5.73 Å². The van der Waals surface area contributed by atoms with Gasteiger partial charge in [0, 0.05) is 11.3 Å². The van der Waals surface area contributed by atoms with Crippen LogP contribution in [0.5, 0.6) is 0 Å². The second-order valence-corrected chi connectivity index (χ2v) is 5.06. The van der Waals surface area contributed by atoms with Gasteiger partial charge in [0.25, 0.3) is 0 Å². The third-order valence-corrected chi connectivity index (χ3v) is 3.74. The standard InChI is InChI=1S/C12H13N3OS/c13-12-15-9(6-17-12)4-5-10-11(16-7-14-10)8-2-1-3-8/h4-8H,1-3H2,(H2,13,15). The van der Waals surface area contributed by atoms with Gasteiger partial charge in [-0.05, 0) is 25.0 Å². The van der Waals surface area contributed by atoms with Gasteiger partial charge in [-0.3, -0.25) is 0 Å². The minimum absolute atomic E-state index is 0.553. The molecule has 1 aliphatic rings. The second kappa shape index (κ2) is 4.33. The first kappa shape index (κ1) is 10.5. The molecule has 0 spiro atoms. The lowest BCUT2D eigenvalue weighted by Crippen LogP contribution is -2.08. The highest BCUT2D eigenvalue weighted by Gasteiger charge is 2.25. The lowest BCUT2D eigenvalue weighted by atomic mass is 9.83. The van der Waals surface area contributed by atoms with Crippen molar-refractivity contribution in [2.45, 2.75) is 25.2 Å². The highest BCUT2D eigenvalue weighted by atomic mass is 32.1. The summed E-state index contributed by atoms with van der Waals surface area (Å²) in [7, 11) is 0. The van der Waals surface area contributed by atoms with Gasteiger partial charge < -0.3 is 10.2 Å². The molecule has 0 radical (unpaired) electrons. The number of hydrogen-bond acceptors (Lipinski definition) is 5. The largest absolute Gasteiger partial charge is 0.448 e. The highest BCUT2D eigenvalue weighted by Crippen LogP contribution is 2.38. The van der Waals surface area contributed by atoms with Crippen LogP contribution in [0.1, 0.15) is 42.3 Å². The quantitative estimate of drug-likeness (QED) is 0.904. The molecule has 0 bridgehead atoms. The van der Waals surface area contributed by atoms with Gasteiger partial charge in [-0.2, -0.15) is 0 Å². The Bertz CT molecular complexity index is 539. The Hall–Kier alpha value is -1.62. The molecule has 5 heteroatoms. The van der Waals surface area contributed by atoms with Crippen molar-refractivity contribution in [1.29, 1.82) is 0 Å². The van der Waals surface area contributed by atoms with Crippen molar-refractivity contribution in [3.8, 4) is 0 Å². The average molecular weight is 247 g/mol. The van der Waals surface area contributed by atoms with E-state index >= 15 is 0 Å². The van der Waals surface area contributed by atoms with Gasteiger partial charge in [-0.25, -0.2) is 9.97 Å². The van der Waals surface area contributed by atoms with Crippen LogP contribution in [0.4, 0.5) is 5.13 Å². The van der Waals surface area contributed by atoms with Gasteiger partial charge in [0.1, 0.15) is 11.5 Å². The SMILES string of the molecule is Nc1nc(C=Cc2ncoc2C2CCC2)cs1. The summed E-state index contributed by atoms with van der Waals surface area (Å²) in [5.41, 5.74) is 7.36. The summed E-state index contributed by atoms with van der Waals surface area (Å²) in [5, 5.41) is 2.51. The third-order valence-electron chi connectivity index (χ3n) is 3.05. The topological polar surface area (TPSA) is 64.9 Å². The van der Waals surface area contributed by atoms with E-state index in [4.69, 9.17) is 10.2 Å². The molecule has 17 heavy (non-hydrogen) atoms. The monoisotopic (exact) mass is 247 g/mol. The van der Waals surface area contributed by atoms with E-state index < -0.39 is 0 Å². The van der Waals surface area contributed by atoms with Crippen LogP contribution in [0.3, 0.4) is 0 Å². The van der Waals surface area contributed by atoms with E-state index in [1.54, 1.807) is 0 Å². The van der Waals surface area contributed by atoms with Gasteiger partial charge in [-0.1, -0.05) is 6.42 Å². The normalized spacial score (nSPS) is 16.5. The van der Waals surface area contributed by atoms with Crippen LogP contribution < -0.4 is 5.73 Å². The van der Waals surface area contributed by atoms with Crippen molar-refractivity contribution in [3.63, 3.8) is 0 Å². The van der Waals surface area contributed by atoms with Gasteiger partial charge >= 0.3 is 0 Å². The van der Waals surface area contributed by atoms with Crippen molar-refractivity contribution < 1.29 is 4.42 Å². The van der Waals surface area contributed by atoms with Gasteiger partial charge in [0.2, 0.25) is 0 Å². The van der Waals surface area contributed by atoms with E-state index in [-0.39, 0.29) is 0 Å². The van der Waals surface area contributed by atoms with Gasteiger partial charge in [-0.15, -0.1) is 11.3 Å². The highest BCUT2D eigenvalue weighted by molar-refractivity contribution is 7.13. The number of nitrogens with two attached hydrogens (primary N) is 1. The molecule has 0 unspecified atom stereocenters. The minimum atomic E-state index is 0.553. The number of hydrogen-bond donors (Lipinski definition) is 1. The van der Waals surface area contributed by atoms with E-state index in [1.807, 2.05) is 17.5 Å². The zero-order valence-corrected chi connectivity index (χ0v) is 10.1. The fraction of sp³-hybridized carbons (Fsp3) is 0.333. The summed E-state index contributed by atoms with van der Waals surface area (Å²) in [5.74, 6) is 1.56. The molecule has 2 N–H and O–H groups in total. The molecule has 0 atom stereocenters. The van der Waals surface area contributed by atoms with Gasteiger partial charge in [0.05, 0.1) is 5.69 Å². The number of aromatic nitrogens is 2. The summed E-state index contributed by atoms with van der Waals surface area (Å²) in [6, 6.07) is 0. The Kier molecular flexibility index (Phi) is 2.68. The number of nitrogen functional groups attached to an aromatic ring is 1. The molecule has 4 nitrogen and oxygen atoms in total. The molecule has 0 amide bonds. The Balaban J connectivity index is 1.80. The van der Waals surface area contributed by atoms with Crippen molar-refractivity contribution >= 4 is 28.6 Å². The Morgan fingerprint density at radius 3 is 2.94 bits per heavy atom. The maximum Gasteiger partial charge on any atom is 0.181 e. The van der Waals surface area contributed by atoms with Crippen LogP contribution in [0.25, 0.3) is 12.2 Å². The zero-order chi connectivity index (χ0) is 11.7. The Morgan fingerprint density at radius 1 is 1.41 bits per heavy atom. The maximum atomic E-state index is 5.58. The molecule has 2 aromatic rings. The zero-order valence-electron chi connectivity index (χ0n) is 9.30. The Labute approximate surface area is 103 Å². The molecule has 0 aromatic carbocycles. The molecule has 1 fully saturated rings. The van der Waals surface area contributed by atoms with Crippen LogP contribution in [-0.2, 0) is 0 Å². The minimum Gasteiger partial charge on any atom is -0.448 e. The first-order valence-electron chi connectivity index (χ1n) is 5.65. The van der Waals surface area contributed by atoms with Crippen molar-refractivity contribution in [3.05, 3.63) is 28.9 Å². The van der Waals surface area contributed by atoms with Crippen LogP contribution in [0.2, 0.25) is 0 Å². The first-order valence-corrected chi connectivity index (χ1v) is 6.53. The van der Waals surface area contributed by atoms with Gasteiger partial charge in [0.15, 0.2) is 11.5 Å². The first-order chi connectivity index (χ1) is 8.33. The number of thiazole rings is 1. The lowest BCUT2D eigenvalue weighted by molar-refractivity contribution is 0.345. The fourth-order valence-electron chi connectivity index (χ4n) is 1.91. The number of nitrogens with zero attached hydrogens (tertiary/aromatic N) is 2. The number of oxazole rings is 1. The smallest absolute Gasteiger partial charge is 0.181 e. The molecule has 3 rings (SSSR count). The van der Waals surface area contributed by atoms with E-state index in [0.717, 1.165) is 17.1 Å². The molecule has 88 valence electrons. The predicted octanol–water partition coefficient (Wildman–Crippen LogP) is 3.15. The molecule has 1 saturated carbocycles. The lowest BCUT2D eigenvalue weighted by Gasteiger charge is -2.23. The summed E-state index contributed by atoms with van der Waals surface area (Å²) in [6.45, 7) is 0. The molecule has 0 saturated heterocycles. The molecule has 2 aromatic heterocycles. The van der Waals surface area contributed by atoms with Crippen LogP contribution in [0.15, 0.2) is 16.2 Å². The molecular formula is C12H13N3OS. The van der Waals surface area contributed by atoms with Crippen molar-refractivity contribution in [1.82, 2.24) is 9.97 Å². The van der Waals surface area contributed by atoms with E-state index in [2.05, 4.69) is 9.97 Å². The fourth-order valence-corrected chi connectivity index (χ4v) is 2.44. The number of rotatable bonds is 3. The summed E-state index contributed by atoms with van der Waals surface area (Å²) in [4.78, 5) is 8.40. The summed E-state index contributed by atoms with van der Waals surface area (Å²) < 4.78 is 5.46. The summed E-state index contributed by atoms with van der Waals surface area (Å²) >= 11 is 1.44. The van der Waals surface area contributed by atoms with E-state index in [9.17, 15) is 0 Å². The summed E-state index contributed by atoms with van der Waals surface area (Å²) in [6.07, 6.45) is 9.10. The molecule has 2 heterocycles. The maximum absolute atomic E-state index is 5.58. The third kappa shape index (κ3) is 2.10. The van der Waals surface area contributed by atoms with Crippen LogP contribution in [0, 0.1) is 0 Å².